The van der Waals surface area contributed by atoms with E-state index in [2.05, 4.69) is 256 Å². The van der Waals surface area contributed by atoms with Gasteiger partial charge < -0.3 is 13.7 Å². The highest BCUT2D eigenvalue weighted by atomic mass is 16.3. The van der Waals surface area contributed by atoms with Gasteiger partial charge in [-0.15, -0.1) is 0 Å². The number of hydrogen-bond acceptors (Lipinski definition) is 3. The SMILES string of the molecule is CC(C)(C)c1ccc(-c2ccc3oc4cccc(N(c5cccc(C6(c7ccccc7)c7ccccc7-c7ccccc76)c5)c5cccc6oc7ccc(-c8ccccc8)cc7c56)c4c3c2)cc1. The molecule has 2 heterocycles. The Morgan fingerprint density at radius 2 is 0.838 bits per heavy atom. The average molecular weight is 874 g/mol. The molecule has 10 aromatic carbocycles. The van der Waals surface area contributed by atoms with Gasteiger partial charge in [-0.25, -0.2) is 0 Å². The van der Waals surface area contributed by atoms with E-state index < -0.39 is 5.41 Å². The van der Waals surface area contributed by atoms with E-state index in [0.29, 0.717) is 0 Å². The Morgan fingerprint density at radius 3 is 1.40 bits per heavy atom. The van der Waals surface area contributed by atoms with E-state index in [1.165, 1.54) is 44.5 Å². The first-order valence-electron chi connectivity index (χ1n) is 23.6. The Bertz CT molecular complexity index is 3840. The normalized spacial score (nSPS) is 13.0. The summed E-state index contributed by atoms with van der Waals surface area (Å²) in [5, 5.41) is 4.21. The van der Waals surface area contributed by atoms with Crippen molar-refractivity contribution in [2.24, 2.45) is 0 Å². The number of fused-ring (bicyclic) bond motifs is 9. The molecule has 2 aromatic heterocycles. The van der Waals surface area contributed by atoms with Crippen LogP contribution in [-0.4, -0.2) is 0 Å². The van der Waals surface area contributed by atoms with E-state index in [0.717, 1.165) is 77.6 Å². The van der Waals surface area contributed by atoms with Crippen LogP contribution in [0, 0.1) is 0 Å². The highest BCUT2D eigenvalue weighted by Gasteiger charge is 2.46. The van der Waals surface area contributed by atoms with Gasteiger partial charge >= 0.3 is 0 Å². The van der Waals surface area contributed by atoms with Crippen molar-refractivity contribution in [2.75, 3.05) is 4.90 Å². The van der Waals surface area contributed by atoms with E-state index in [1.54, 1.807) is 0 Å². The molecule has 3 heteroatoms. The number of benzene rings is 10. The highest BCUT2D eigenvalue weighted by molar-refractivity contribution is 6.18. The molecule has 0 aliphatic heterocycles. The fourth-order valence-corrected chi connectivity index (χ4v) is 11.1. The Kier molecular flexibility index (Phi) is 9.00. The quantitative estimate of drug-likeness (QED) is 0.160. The van der Waals surface area contributed by atoms with Gasteiger partial charge in [0.05, 0.1) is 27.6 Å². The molecule has 1 aliphatic rings. The van der Waals surface area contributed by atoms with Crippen LogP contribution in [0.2, 0.25) is 0 Å². The molecule has 0 spiro atoms. The van der Waals surface area contributed by atoms with E-state index in [1.807, 2.05) is 0 Å². The molecule has 0 bridgehead atoms. The molecule has 0 saturated heterocycles. The van der Waals surface area contributed by atoms with Gasteiger partial charge in [0.15, 0.2) is 0 Å². The smallest absolute Gasteiger partial charge is 0.137 e. The summed E-state index contributed by atoms with van der Waals surface area (Å²) in [6.45, 7) is 6.78. The number of rotatable bonds is 7. The summed E-state index contributed by atoms with van der Waals surface area (Å²) in [5.41, 5.74) is 19.3. The fourth-order valence-electron chi connectivity index (χ4n) is 11.1. The number of furan rings is 2. The summed E-state index contributed by atoms with van der Waals surface area (Å²) in [7, 11) is 0. The Hall–Kier alpha value is -8.40. The minimum Gasteiger partial charge on any atom is -0.456 e. The zero-order valence-corrected chi connectivity index (χ0v) is 38.2. The molecule has 0 N–H and O–H groups in total. The molecule has 324 valence electrons. The molecule has 0 radical (unpaired) electrons. The second-order valence-corrected chi connectivity index (χ2v) is 19.2. The largest absolute Gasteiger partial charge is 0.456 e. The second-order valence-electron chi connectivity index (χ2n) is 19.2. The van der Waals surface area contributed by atoms with Crippen molar-refractivity contribution in [2.45, 2.75) is 31.6 Å². The maximum absolute atomic E-state index is 6.79. The molecular formula is C65H47NO2. The third-order valence-electron chi connectivity index (χ3n) is 14.3. The zero-order valence-electron chi connectivity index (χ0n) is 38.2. The summed E-state index contributed by atoms with van der Waals surface area (Å²) < 4.78 is 13.5. The lowest BCUT2D eigenvalue weighted by Gasteiger charge is -2.35. The van der Waals surface area contributed by atoms with Gasteiger partial charge in [0, 0.05) is 16.5 Å². The lowest BCUT2D eigenvalue weighted by atomic mass is 9.67. The maximum Gasteiger partial charge on any atom is 0.137 e. The lowest BCUT2D eigenvalue weighted by molar-refractivity contribution is 0.590. The lowest BCUT2D eigenvalue weighted by Crippen LogP contribution is -2.28. The molecule has 0 amide bonds. The molecule has 13 rings (SSSR count). The molecule has 68 heavy (non-hydrogen) atoms. The van der Waals surface area contributed by atoms with Gasteiger partial charge in [0.1, 0.15) is 22.3 Å². The van der Waals surface area contributed by atoms with Gasteiger partial charge in [-0.1, -0.05) is 191 Å². The van der Waals surface area contributed by atoms with Gasteiger partial charge in [-0.3, -0.25) is 0 Å². The van der Waals surface area contributed by atoms with Gasteiger partial charge in [-0.05, 0) is 127 Å². The van der Waals surface area contributed by atoms with E-state index in [4.69, 9.17) is 8.83 Å². The van der Waals surface area contributed by atoms with Crippen molar-refractivity contribution < 1.29 is 8.83 Å². The summed E-state index contributed by atoms with van der Waals surface area (Å²) >= 11 is 0. The number of anilines is 3. The van der Waals surface area contributed by atoms with Crippen LogP contribution >= 0.6 is 0 Å². The third-order valence-corrected chi connectivity index (χ3v) is 14.3. The van der Waals surface area contributed by atoms with Crippen LogP contribution in [0.15, 0.2) is 239 Å². The van der Waals surface area contributed by atoms with Crippen LogP contribution in [-0.2, 0) is 10.8 Å². The first-order chi connectivity index (χ1) is 33.3. The summed E-state index contributed by atoms with van der Waals surface area (Å²) in [5.74, 6) is 0. The van der Waals surface area contributed by atoms with Crippen LogP contribution in [0.1, 0.15) is 48.6 Å². The molecule has 0 saturated carbocycles. The zero-order chi connectivity index (χ0) is 45.6. The predicted octanol–water partition coefficient (Wildman–Crippen LogP) is 17.9. The third kappa shape index (κ3) is 6.12. The maximum atomic E-state index is 6.79. The van der Waals surface area contributed by atoms with Gasteiger partial charge in [0.2, 0.25) is 0 Å². The van der Waals surface area contributed by atoms with Crippen LogP contribution in [0.4, 0.5) is 17.1 Å². The molecule has 0 atom stereocenters. The molecule has 1 aliphatic carbocycles. The predicted molar refractivity (Wildman–Crippen MR) is 283 cm³/mol. The van der Waals surface area contributed by atoms with Crippen molar-refractivity contribution in [1.82, 2.24) is 0 Å². The van der Waals surface area contributed by atoms with E-state index in [9.17, 15) is 0 Å². The van der Waals surface area contributed by atoms with E-state index >= 15 is 0 Å². The second kappa shape index (κ2) is 15.3. The summed E-state index contributed by atoms with van der Waals surface area (Å²) in [6.07, 6.45) is 0. The van der Waals surface area contributed by atoms with Gasteiger partial charge in [0.25, 0.3) is 0 Å². The van der Waals surface area contributed by atoms with Crippen LogP contribution in [0.25, 0.3) is 77.3 Å². The average Bonchev–Trinajstić information content (AvgIpc) is 4.05. The molecule has 0 fully saturated rings. The van der Waals surface area contributed by atoms with Crippen molar-refractivity contribution >= 4 is 60.9 Å². The highest BCUT2D eigenvalue weighted by Crippen LogP contribution is 2.57. The monoisotopic (exact) mass is 873 g/mol. The molecule has 12 aromatic rings. The van der Waals surface area contributed by atoms with E-state index in [-0.39, 0.29) is 5.41 Å². The Morgan fingerprint density at radius 1 is 0.368 bits per heavy atom. The number of hydrogen-bond donors (Lipinski definition) is 0. The minimum absolute atomic E-state index is 0.0659. The topological polar surface area (TPSA) is 29.5 Å². The van der Waals surface area contributed by atoms with Crippen molar-refractivity contribution in [3.05, 3.63) is 258 Å². The minimum atomic E-state index is -0.582. The number of nitrogens with zero attached hydrogens (tertiary/aromatic N) is 1. The Balaban J connectivity index is 1.10. The first kappa shape index (κ1) is 39.9. The standard InChI is InChI=1S/C65H47NO2/c1-64(2,3)46-35-31-43(32-36-46)45-34-38-59-53(40-45)63-57(28-16-30-61(63)68-59)66(56-27-15-29-60-62(56)52-39-44(33-37-58(52)67-60)42-17-6-4-7-18-42)49-22-14-21-48(41-49)65(47-19-8-5-9-20-47)54-25-12-10-23-50(54)51-24-11-13-26-55(51)65/h4-41H,1-3H3. The molecule has 0 unspecified atom stereocenters. The fraction of sp³-hybridized carbons (Fsp3) is 0.0769. The van der Waals surface area contributed by atoms with Crippen molar-refractivity contribution in [3.63, 3.8) is 0 Å². The van der Waals surface area contributed by atoms with Crippen molar-refractivity contribution in [1.29, 1.82) is 0 Å². The van der Waals surface area contributed by atoms with Crippen molar-refractivity contribution in [3.8, 4) is 33.4 Å². The van der Waals surface area contributed by atoms with Crippen LogP contribution < -0.4 is 4.90 Å². The van der Waals surface area contributed by atoms with Gasteiger partial charge in [-0.2, -0.15) is 0 Å². The first-order valence-corrected chi connectivity index (χ1v) is 23.6. The molecule has 3 nitrogen and oxygen atoms in total. The summed E-state index contributed by atoms with van der Waals surface area (Å²) in [4.78, 5) is 2.45. The Labute approximate surface area is 396 Å². The summed E-state index contributed by atoms with van der Waals surface area (Å²) in [6, 6.07) is 83.9. The molecular weight excluding hydrogens is 827 g/mol. The van der Waals surface area contributed by atoms with Crippen LogP contribution in [0.5, 0.6) is 0 Å². The van der Waals surface area contributed by atoms with Crippen LogP contribution in [0.3, 0.4) is 0 Å².